The number of methoxy groups -OCH3 is 1. The summed E-state index contributed by atoms with van der Waals surface area (Å²) in [5.74, 6) is 0.412. The number of ether oxygens (including phenoxy) is 2. The summed E-state index contributed by atoms with van der Waals surface area (Å²) < 4.78 is 12.1. The first-order valence-electron chi connectivity index (χ1n) is 14.8. The molecule has 4 atom stereocenters. The van der Waals surface area contributed by atoms with Crippen LogP contribution in [0.2, 0.25) is 0 Å². The van der Waals surface area contributed by atoms with Crippen molar-refractivity contribution < 1.29 is 48.9 Å². The van der Waals surface area contributed by atoms with Crippen LogP contribution in [-0.2, 0) is 17.8 Å². The molecular formula is C34H39N2NaO4. The number of benzene rings is 2. The van der Waals surface area contributed by atoms with Gasteiger partial charge in [-0.25, -0.2) is 4.98 Å². The zero-order chi connectivity index (χ0) is 27.8. The summed E-state index contributed by atoms with van der Waals surface area (Å²) >= 11 is 0. The molecule has 7 heteroatoms. The van der Waals surface area contributed by atoms with Crippen LogP contribution in [0.3, 0.4) is 0 Å². The van der Waals surface area contributed by atoms with Crippen LogP contribution < -0.4 is 44.1 Å². The summed E-state index contributed by atoms with van der Waals surface area (Å²) in [5, 5.41) is 11.8. The molecule has 0 spiro atoms. The third-order valence-electron chi connectivity index (χ3n) is 9.28. The molecule has 2 aromatic carbocycles. The average Bonchev–Trinajstić information content (AvgIpc) is 3.73. The molecule has 2 aliphatic heterocycles. The van der Waals surface area contributed by atoms with E-state index in [0.29, 0.717) is 17.8 Å². The van der Waals surface area contributed by atoms with Gasteiger partial charge in [-0.15, -0.1) is 0 Å². The van der Waals surface area contributed by atoms with Gasteiger partial charge in [0.2, 0.25) is 5.88 Å². The molecule has 6 nitrogen and oxygen atoms in total. The molecule has 3 aliphatic rings. The number of hydrogen-bond donors (Lipinski definition) is 0. The first-order chi connectivity index (χ1) is 19.4. The maximum absolute atomic E-state index is 11.8. The second-order valence-electron chi connectivity index (χ2n) is 11.9. The molecule has 1 aromatic heterocycles. The van der Waals surface area contributed by atoms with Crippen LogP contribution in [0.25, 0.3) is 11.1 Å². The van der Waals surface area contributed by atoms with Crippen molar-refractivity contribution in [2.75, 3.05) is 13.7 Å². The number of carboxylic acids is 1. The topological polar surface area (TPSA) is 74.7 Å². The standard InChI is InChI=1S/C34H40N2O4.Na/c1-21-5-4-16-36(21)20-28-17-26(10-12-29(28)25-14-15-35-32(19-25)39-3)30-13-11-23-6-9-27(18-31(23)40-30)33(24-7-8-24)22(2)34(37)38;/h6,9-10,12,14-15,17-19,21-22,24,30,33H,4-5,7-8,11,13,16,20H2,1-3H3,(H,37,38);/q;+1/p-1/t21-,22+,30?,33+;/m1./s1. The van der Waals surface area contributed by atoms with Crippen molar-refractivity contribution in [3.63, 3.8) is 0 Å². The Labute approximate surface area is 265 Å². The molecular weight excluding hydrogens is 523 g/mol. The van der Waals surface area contributed by atoms with E-state index < -0.39 is 11.9 Å². The zero-order valence-corrected chi connectivity index (χ0v) is 26.8. The van der Waals surface area contributed by atoms with Crippen LogP contribution in [0.5, 0.6) is 11.6 Å². The van der Waals surface area contributed by atoms with Crippen molar-refractivity contribution in [2.45, 2.75) is 77.0 Å². The van der Waals surface area contributed by atoms with E-state index in [1.54, 1.807) is 20.2 Å². The van der Waals surface area contributed by atoms with Gasteiger partial charge < -0.3 is 19.4 Å². The van der Waals surface area contributed by atoms with Crippen molar-refractivity contribution in [1.29, 1.82) is 0 Å². The number of carbonyl (C=O) groups is 1. The molecule has 3 heterocycles. The Kier molecular flexibility index (Phi) is 9.44. The van der Waals surface area contributed by atoms with Crippen LogP contribution in [0.1, 0.15) is 80.2 Å². The van der Waals surface area contributed by atoms with Crippen molar-refractivity contribution in [3.05, 3.63) is 77.0 Å². The smallest absolute Gasteiger partial charge is 0.550 e. The van der Waals surface area contributed by atoms with Gasteiger partial charge in [0, 0.05) is 36.7 Å². The minimum Gasteiger partial charge on any atom is -0.550 e. The SMILES string of the molecule is COc1cc(-c2ccc(C3CCc4ccc([C@H](C5CC5)[C@H](C)C(=O)[O-])cc4O3)cc2CN2CCC[C@H]2C)ccn1.[Na+]. The second kappa shape index (κ2) is 12.9. The minimum atomic E-state index is -0.972. The van der Waals surface area contributed by atoms with E-state index in [4.69, 9.17) is 9.47 Å². The van der Waals surface area contributed by atoms with Gasteiger partial charge in [0.05, 0.1) is 7.11 Å². The molecule has 41 heavy (non-hydrogen) atoms. The Bertz CT molecular complexity index is 1390. The number of aliphatic carboxylic acids is 1. The Morgan fingerprint density at radius 2 is 1.95 bits per heavy atom. The number of likely N-dealkylation sites (tertiary alicyclic amines) is 1. The number of aromatic nitrogens is 1. The number of fused-ring (bicyclic) bond motifs is 1. The largest absolute Gasteiger partial charge is 1.00 e. The molecule has 0 N–H and O–H groups in total. The molecule has 0 radical (unpaired) electrons. The van der Waals surface area contributed by atoms with Gasteiger partial charge in [0.1, 0.15) is 11.9 Å². The maximum Gasteiger partial charge on any atom is 1.00 e. The molecule has 210 valence electrons. The first kappa shape index (κ1) is 30.1. The Morgan fingerprint density at radius 3 is 2.66 bits per heavy atom. The zero-order valence-electron chi connectivity index (χ0n) is 24.8. The Balaban J connectivity index is 0.00000337. The predicted octanol–water partition coefficient (Wildman–Crippen LogP) is 2.69. The maximum atomic E-state index is 11.8. The van der Waals surface area contributed by atoms with Crippen LogP contribution in [0.4, 0.5) is 0 Å². The fourth-order valence-electron chi connectivity index (χ4n) is 6.76. The van der Waals surface area contributed by atoms with Gasteiger partial charge in [-0.2, -0.15) is 0 Å². The molecule has 1 unspecified atom stereocenters. The van der Waals surface area contributed by atoms with Gasteiger partial charge in [-0.3, -0.25) is 4.90 Å². The van der Waals surface area contributed by atoms with Gasteiger partial charge in [0.15, 0.2) is 0 Å². The number of carboxylic acid groups (broad SMARTS) is 1. The van der Waals surface area contributed by atoms with E-state index in [-0.39, 0.29) is 41.6 Å². The Hall–Kier alpha value is -2.38. The third kappa shape index (κ3) is 6.51. The van der Waals surface area contributed by atoms with E-state index in [0.717, 1.165) is 55.6 Å². The van der Waals surface area contributed by atoms with Crippen molar-refractivity contribution >= 4 is 5.97 Å². The van der Waals surface area contributed by atoms with E-state index in [1.807, 2.05) is 12.1 Å². The van der Waals surface area contributed by atoms with E-state index in [1.165, 1.54) is 35.1 Å². The normalized spacial score (nSPS) is 21.7. The quantitative estimate of drug-likeness (QED) is 0.374. The van der Waals surface area contributed by atoms with Crippen LogP contribution in [0.15, 0.2) is 54.7 Å². The van der Waals surface area contributed by atoms with Crippen molar-refractivity contribution in [2.24, 2.45) is 11.8 Å². The summed E-state index contributed by atoms with van der Waals surface area (Å²) in [7, 11) is 1.65. The van der Waals surface area contributed by atoms with E-state index >= 15 is 0 Å². The molecule has 1 saturated carbocycles. The van der Waals surface area contributed by atoms with E-state index in [2.05, 4.69) is 53.2 Å². The number of nitrogens with zero attached hydrogens (tertiary/aromatic N) is 2. The molecule has 6 rings (SSSR count). The fourth-order valence-corrected chi connectivity index (χ4v) is 6.76. The molecule has 1 aliphatic carbocycles. The monoisotopic (exact) mass is 562 g/mol. The molecule has 1 saturated heterocycles. The molecule has 0 bridgehead atoms. The fraction of sp³-hybridized carbons (Fsp3) is 0.471. The number of pyridine rings is 1. The molecule has 3 aromatic rings. The third-order valence-corrected chi connectivity index (χ3v) is 9.28. The summed E-state index contributed by atoms with van der Waals surface area (Å²) in [6, 6.07) is 17.7. The average molecular weight is 563 g/mol. The summed E-state index contributed by atoms with van der Waals surface area (Å²) in [6.45, 7) is 6.12. The van der Waals surface area contributed by atoms with Gasteiger partial charge in [-0.1, -0.05) is 37.3 Å². The number of rotatable bonds is 9. The summed E-state index contributed by atoms with van der Waals surface area (Å²) in [4.78, 5) is 18.6. The van der Waals surface area contributed by atoms with Gasteiger partial charge >= 0.3 is 29.6 Å². The molecule has 0 amide bonds. The Morgan fingerprint density at radius 1 is 1.12 bits per heavy atom. The van der Waals surface area contributed by atoms with Crippen molar-refractivity contribution in [3.8, 4) is 22.8 Å². The van der Waals surface area contributed by atoms with Crippen LogP contribution in [0, 0.1) is 11.8 Å². The number of carbonyl (C=O) groups excluding carboxylic acids is 1. The summed E-state index contributed by atoms with van der Waals surface area (Å²) in [6.07, 6.45) is 8.25. The molecule has 2 fully saturated rings. The summed E-state index contributed by atoms with van der Waals surface area (Å²) in [5.41, 5.74) is 7.04. The predicted molar refractivity (Wildman–Crippen MR) is 153 cm³/mol. The minimum absolute atomic E-state index is 0. The van der Waals surface area contributed by atoms with Crippen LogP contribution in [-0.4, -0.2) is 35.5 Å². The van der Waals surface area contributed by atoms with Crippen molar-refractivity contribution in [1.82, 2.24) is 9.88 Å². The number of hydrogen-bond acceptors (Lipinski definition) is 6. The van der Waals surface area contributed by atoms with Crippen LogP contribution >= 0.6 is 0 Å². The van der Waals surface area contributed by atoms with Gasteiger partial charge in [-0.05, 0) is 109 Å². The first-order valence-corrected chi connectivity index (χ1v) is 14.8. The van der Waals surface area contributed by atoms with E-state index in [9.17, 15) is 9.90 Å². The van der Waals surface area contributed by atoms with Gasteiger partial charge in [0.25, 0.3) is 0 Å². The number of aryl methyl sites for hydroxylation is 1. The second-order valence-corrected chi connectivity index (χ2v) is 11.9.